The van der Waals surface area contributed by atoms with Crippen LogP contribution >= 0.6 is 0 Å². The fourth-order valence-electron chi connectivity index (χ4n) is 2.46. The van der Waals surface area contributed by atoms with Gasteiger partial charge in [-0.2, -0.15) is 0 Å². The van der Waals surface area contributed by atoms with Crippen molar-refractivity contribution in [1.29, 1.82) is 0 Å². The Kier molecular flexibility index (Phi) is 4.93. The van der Waals surface area contributed by atoms with Crippen LogP contribution in [0.3, 0.4) is 0 Å². The lowest BCUT2D eigenvalue weighted by molar-refractivity contribution is -0.147. The van der Waals surface area contributed by atoms with E-state index in [9.17, 15) is 14.4 Å². The molecule has 1 aromatic rings. The Morgan fingerprint density at radius 2 is 1.59 bits per heavy atom. The maximum absolute atomic E-state index is 12.2. The molecule has 1 aliphatic carbocycles. The van der Waals surface area contributed by atoms with Gasteiger partial charge < -0.3 is 15.5 Å². The Balaban J connectivity index is 1.95. The first kappa shape index (κ1) is 15.8. The molecule has 0 heterocycles. The van der Waals surface area contributed by atoms with Crippen molar-refractivity contribution in [3.8, 4) is 0 Å². The zero-order valence-electron chi connectivity index (χ0n) is 11.9. The van der Waals surface area contributed by atoms with Gasteiger partial charge in [0, 0.05) is 6.54 Å². The van der Waals surface area contributed by atoms with Gasteiger partial charge in [-0.3, -0.25) is 9.59 Å². The van der Waals surface area contributed by atoms with E-state index in [0.717, 1.165) is 5.56 Å². The highest BCUT2D eigenvalue weighted by Crippen LogP contribution is 2.26. The van der Waals surface area contributed by atoms with E-state index in [2.05, 4.69) is 5.32 Å². The lowest BCUT2D eigenvalue weighted by Gasteiger charge is -2.24. The molecular weight excluding hydrogens is 286 g/mol. The van der Waals surface area contributed by atoms with Gasteiger partial charge in [-0.15, -0.1) is 0 Å². The molecule has 3 N–H and O–H groups in total. The number of nitrogens with one attached hydrogen (secondary N) is 1. The van der Waals surface area contributed by atoms with E-state index in [1.54, 1.807) is 18.2 Å². The van der Waals surface area contributed by atoms with E-state index in [0.29, 0.717) is 12.8 Å². The van der Waals surface area contributed by atoms with Crippen molar-refractivity contribution in [2.75, 3.05) is 0 Å². The van der Waals surface area contributed by atoms with Crippen molar-refractivity contribution >= 4 is 17.8 Å². The number of benzene rings is 1. The molecule has 0 radical (unpaired) electrons. The third-order valence-electron chi connectivity index (χ3n) is 3.75. The molecular formula is C16H17NO5. The molecule has 1 aliphatic rings. The van der Waals surface area contributed by atoms with Crippen LogP contribution in [0.1, 0.15) is 28.8 Å². The number of carboxylic acids is 2. The number of hydrogen-bond acceptors (Lipinski definition) is 3. The minimum atomic E-state index is -1.01. The number of carbonyl (C=O) groups is 3. The highest BCUT2D eigenvalue weighted by Gasteiger charge is 2.33. The number of allylic oxidation sites excluding steroid dienone is 2. The predicted molar refractivity (Wildman–Crippen MR) is 78.2 cm³/mol. The van der Waals surface area contributed by atoms with Crippen LogP contribution in [-0.4, -0.2) is 28.1 Å². The highest BCUT2D eigenvalue weighted by molar-refractivity contribution is 5.87. The van der Waals surface area contributed by atoms with Crippen LogP contribution in [0.15, 0.2) is 36.4 Å². The van der Waals surface area contributed by atoms with E-state index in [1.165, 1.54) is 12.1 Å². The van der Waals surface area contributed by atoms with Crippen LogP contribution in [0.25, 0.3) is 0 Å². The van der Waals surface area contributed by atoms with Crippen molar-refractivity contribution in [3.05, 3.63) is 47.5 Å². The van der Waals surface area contributed by atoms with Crippen LogP contribution in [0.4, 0.5) is 0 Å². The molecule has 1 aromatic carbocycles. The highest BCUT2D eigenvalue weighted by atomic mass is 16.4. The molecule has 1 amide bonds. The Morgan fingerprint density at radius 3 is 2.14 bits per heavy atom. The molecule has 2 rings (SSSR count). The van der Waals surface area contributed by atoms with Gasteiger partial charge in [0.1, 0.15) is 0 Å². The SMILES string of the molecule is O=C(O)c1ccc(CNC(=O)C2CC=CCC2C(=O)O)cc1. The maximum atomic E-state index is 12.2. The molecule has 0 aromatic heterocycles. The topological polar surface area (TPSA) is 104 Å². The zero-order valence-corrected chi connectivity index (χ0v) is 11.9. The number of amides is 1. The van der Waals surface area contributed by atoms with Crippen LogP contribution in [0.5, 0.6) is 0 Å². The second-order valence-electron chi connectivity index (χ2n) is 5.21. The molecule has 6 nitrogen and oxygen atoms in total. The molecule has 6 heteroatoms. The quantitative estimate of drug-likeness (QED) is 0.718. The van der Waals surface area contributed by atoms with E-state index in [1.807, 2.05) is 6.08 Å². The van der Waals surface area contributed by atoms with Crippen LogP contribution in [0.2, 0.25) is 0 Å². The van der Waals surface area contributed by atoms with Gasteiger partial charge in [0.2, 0.25) is 5.91 Å². The second-order valence-corrected chi connectivity index (χ2v) is 5.21. The van der Waals surface area contributed by atoms with Gasteiger partial charge >= 0.3 is 11.9 Å². The second kappa shape index (κ2) is 6.89. The summed E-state index contributed by atoms with van der Waals surface area (Å²) in [6.45, 7) is 0.241. The van der Waals surface area contributed by atoms with Gasteiger partial charge in [-0.05, 0) is 30.5 Å². The van der Waals surface area contributed by atoms with Crippen LogP contribution in [-0.2, 0) is 16.1 Å². The van der Waals surface area contributed by atoms with E-state index in [4.69, 9.17) is 10.2 Å². The van der Waals surface area contributed by atoms with Gasteiger partial charge in [0.25, 0.3) is 0 Å². The van der Waals surface area contributed by atoms with Crippen molar-refractivity contribution < 1.29 is 24.6 Å². The summed E-state index contributed by atoms with van der Waals surface area (Å²) in [5, 5.41) is 20.7. The molecule has 0 fully saturated rings. The molecule has 22 heavy (non-hydrogen) atoms. The Labute approximate surface area is 127 Å². The lowest BCUT2D eigenvalue weighted by atomic mass is 9.82. The zero-order chi connectivity index (χ0) is 16.1. The fourth-order valence-corrected chi connectivity index (χ4v) is 2.46. The minimum Gasteiger partial charge on any atom is -0.481 e. The van der Waals surface area contributed by atoms with Crippen LogP contribution in [0, 0.1) is 11.8 Å². The molecule has 116 valence electrons. The van der Waals surface area contributed by atoms with Gasteiger partial charge in [-0.25, -0.2) is 4.79 Å². The van der Waals surface area contributed by atoms with Gasteiger partial charge in [0.15, 0.2) is 0 Å². The fraction of sp³-hybridized carbons (Fsp3) is 0.312. The summed E-state index contributed by atoms with van der Waals surface area (Å²) in [7, 11) is 0. The van der Waals surface area contributed by atoms with Crippen molar-refractivity contribution in [1.82, 2.24) is 5.32 Å². The largest absolute Gasteiger partial charge is 0.481 e. The summed E-state index contributed by atoms with van der Waals surface area (Å²) < 4.78 is 0. The number of carboxylic acid groups (broad SMARTS) is 2. The Bertz CT molecular complexity index is 605. The van der Waals surface area contributed by atoms with Crippen molar-refractivity contribution in [2.24, 2.45) is 11.8 Å². The Morgan fingerprint density at radius 1 is 1.00 bits per heavy atom. The summed E-state index contributed by atoms with van der Waals surface area (Å²) in [5.41, 5.74) is 0.940. The number of hydrogen-bond donors (Lipinski definition) is 3. The monoisotopic (exact) mass is 303 g/mol. The molecule has 2 unspecified atom stereocenters. The number of aromatic carboxylic acids is 1. The van der Waals surface area contributed by atoms with Crippen molar-refractivity contribution in [3.63, 3.8) is 0 Å². The molecule has 0 aliphatic heterocycles. The average molecular weight is 303 g/mol. The first-order valence-electron chi connectivity index (χ1n) is 6.97. The lowest BCUT2D eigenvalue weighted by Crippen LogP contribution is -2.38. The summed E-state index contributed by atoms with van der Waals surface area (Å²) in [6, 6.07) is 6.18. The Hall–Kier alpha value is -2.63. The summed E-state index contributed by atoms with van der Waals surface area (Å²) >= 11 is 0. The molecule has 0 bridgehead atoms. The standard InChI is InChI=1S/C16H17NO5/c18-14(12-3-1-2-4-13(12)16(21)22)17-9-10-5-7-11(8-6-10)15(19)20/h1-2,5-8,12-13H,3-4,9H2,(H,17,18)(H,19,20)(H,21,22). The summed E-state index contributed by atoms with van der Waals surface area (Å²) in [5.74, 6) is -3.52. The van der Waals surface area contributed by atoms with E-state index in [-0.39, 0.29) is 18.0 Å². The third-order valence-corrected chi connectivity index (χ3v) is 3.75. The number of aliphatic carboxylic acids is 1. The summed E-state index contributed by atoms with van der Waals surface area (Å²) in [6.07, 6.45) is 4.39. The first-order chi connectivity index (χ1) is 10.5. The third kappa shape index (κ3) is 3.72. The first-order valence-corrected chi connectivity index (χ1v) is 6.97. The normalized spacial score (nSPS) is 20.4. The van der Waals surface area contributed by atoms with Gasteiger partial charge in [0.05, 0.1) is 17.4 Å². The van der Waals surface area contributed by atoms with Crippen molar-refractivity contribution in [2.45, 2.75) is 19.4 Å². The molecule has 0 saturated heterocycles. The van der Waals surface area contributed by atoms with Crippen LogP contribution < -0.4 is 5.32 Å². The van der Waals surface area contributed by atoms with Gasteiger partial charge in [-0.1, -0.05) is 24.3 Å². The molecule has 2 atom stereocenters. The summed E-state index contributed by atoms with van der Waals surface area (Å²) in [4.78, 5) is 34.1. The number of rotatable bonds is 5. The van der Waals surface area contributed by atoms with E-state index >= 15 is 0 Å². The average Bonchev–Trinajstić information content (AvgIpc) is 2.53. The predicted octanol–water partition coefficient (Wildman–Crippen LogP) is 1.67. The molecule has 0 saturated carbocycles. The maximum Gasteiger partial charge on any atom is 0.335 e. The molecule has 0 spiro atoms. The van der Waals surface area contributed by atoms with E-state index < -0.39 is 23.8 Å². The number of carbonyl (C=O) groups excluding carboxylic acids is 1. The smallest absolute Gasteiger partial charge is 0.335 e. The minimum absolute atomic E-state index is 0.179.